The number of pyridine rings is 2. The highest BCUT2D eigenvalue weighted by Gasteiger charge is 2.16. The minimum Gasteiger partial charge on any atom is -0.322 e. The van der Waals surface area contributed by atoms with Gasteiger partial charge in [0.15, 0.2) is 0 Å². The van der Waals surface area contributed by atoms with Crippen LogP contribution < -0.4 is 5.73 Å². The van der Waals surface area contributed by atoms with Crippen molar-refractivity contribution in [1.82, 2.24) is 19.7 Å². The topological polar surface area (TPSA) is 69.6 Å². The maximum absolute atomic E-state index is 6.43. The zero-order chi connectivity index (χ0) is 16.4. The average Bonchev–Trinajstić information content (AvgIpc) is 3.06. The van der Waals surface area contributed by atoms with E-state index in [1.54, 1.807) is 12.4 Å². The van der Waals surface area contributed by atoms with Crippen molar-refractivity contribution in [2.24, 2.45) is 5.73 Å². The van der Waals surface area contributed by atoms with Gasteiger partial charge in [0.2, 0.25) is 0 Å². The number of nitrogens with zero attached hydrogens (tertiary/aromatic N) is 4. The molecule has 0 amide bonds. The maximum Gasteiger partial charge on any atom is 0.0884 e. The summed E-state index contributed by atoms with van der Waals surface area (Å²) < 4.78 is 1.90. The SMILES string of the molecule is NC(Cc1ccccn1)c1ncccc1-n1ncc2ccccc21. The third-order valence-electron chi connectivity index (χ3n) is 4.03. The number of fused-ring (bicyclic) bond motifs is 1. The number of aromatic nitrogens is 4. The fraction of sp³-hybridized carbons (Fsp3) is 0.105. The first kappa shape index (κ1) is 14.5. The summed E-state index contributed by atoms with van der Waals surface area (Å²) in [5.74, 6) is 0. The molecule has 0 fully saturated rings. The van der Waals surface area contributed by atoms with Gasteiger partial charge in [-0.15, -0.1) is 0 Å². The van der Waals surface area contributed by atoms with Crippen molar-refractivity contribution in [3.63, 3.8) is 0 Å². The molecule has 0 saturated heterocycles. The predicted molar refractivity (Wildman–Crippen MR) is 93.7 cm³/mol. The van der Waals surface area contributed by atoms with Gasteiger partial charge in [0, 0.05) is 29.9 Å². The Morgan fingerprint density at radius 2 is 1.75 bits per heavy atom. The summed E-state index contributed by atoms with van der Waals surface area (Å²) in [4.78, 5) is 8.88. The lowest BCUT2D eigenvalue weighted by Crippen LogP contribution is -2.18. The van der Waals surface area contributed by atoms with Crippen molar-refractivity contribution in [2.75, 3.05) is 0 Å². The quantitative estimate of drug-likeness (QED) is 0.628. The van der Waals surface area contributed by atoms with Crippen LogP contribution in [0.1, 0.15) is 17.4 Å². The Labute approximate surface area is 139 Å². The van der Waals surface area contributed by atoms with E-state index in [9.17, 15) is 0 Å². The number of hydrogen-bond acceptors (Lipinski definition) is 4. The van der Waals surface area contributed by atoms with Crippen LogP contribution in [0.3, 0.4) is 0 Å². The first-order valence-electron chi connectivity index (χ1n) is 7.86. The van der Waals surface area contributed by atoms with E-state index in [-0.39, 0.29) is 6.04 Å². The van der Waals surface area contributed by atoms with E-state index in [1.807, 2.05) is 65.5 Å². The van der Waals surface area contributed by atoms with Crippen molar-refractivity contribution >= 4 is 10.9 Å². The standard InChI is InChI=1S/C19H17N5/c20-16(12-15-7-3-4-10-21-15)19-18(9-5-11-22-19)24-17-8-2-1-6-14(17)13-23-24/h1-11,13,16H,12,20H2. The van der Waals surface area contributed by atoms with Crippen molar-refractivity contribution in [2.45, 2.75) is 12.5 Å². The Bertz CT molecular complexity index is 962. The van der Waals surface area contributed by atoms with Crippen LogP contribution in [0.4, 0.5) is 0 Å². The molecule has 0 bridgehead atoms. The molecule has 0 aliphatic carbocycles. The van der Waals surface area contributed by atoms with Crippen molar-refractivity contribution in [1.29, 1.82) is 0 Å². The monoisotopic (exact) mass is 315 g/mol. The van der Waals surface area contributed by atoms with Gasteiger partial charge >= 0.3 is 0 Å². The predicted octanol–water partition coefficient (Wildman–Crippen LogP) is 3.06. The molecular weight excluding hydrogens is 298 g/mol. The Morgan fingerprint density at radius 1 is 0.917 bits per heavy atom. The second kappa shape index (κ2) is 6.22. The largest absolute Gasteiger partial charge is 0.322 e. The maximum atomic E-state index is 6.43. The number of hydrogen-bond donors (Lipinski definition) is 1. The van der Waals surface area contributed by atoms with Gasteiger partial charge < -0.3 is 5.73 Å². The first-order valence-corrected chi connectivity index (χ1v) is 7.86. The van der Waals surface area contributed by atoms with Crippen molar-refractivity contribution < 1.29 is 0 Å². The van der Waals surface area contributed by atoms with E-state index in [2.05, 4.69) is 15.1 Å². The fourth-order valence-corrected chi connectivity index (χ4v) is 2.88. The summed E-state index contributed by atoms with van der Waals surface area (Å²) in [5.41, 5.74) is 10.1. The van der Waals surface area contributed by atoms with Crippen LogP contribution in [0.5, 0.6) is 0 Å². The molecule has 0 radical (unpaired) electrons. The summed E-state index contributed by atoms with van der Waals surface area (Å²) in [6.07, 6.45) is 6.03. The van der Waals surface area contributed by atoms with Gasteiger partial charge in [0.05, 0.1) is 29.1 Å². The van der Waals surface area contributed by atoms with E-state index in [1.165, 1.54) is 0 Å². The van der Waals surface area contributed by atoms with Crippen LogP contribution in [0.15, 0.2) is 73.2 Å². The van der Waals surface area contributed by atoms with Crippen LogP contribution in [-0.4, -0.2) is 19.7 Å². The molecule has 1 aromatic carbocycles. The highest BCUT2D eigenvalue weighted by atomic mass is 15.3. The molecule has 2 N–H and O–H groups in total. The molecular formula is C19H17N5. The Balaban J connectivity index is 1.75. The number of benzene rings is 1. The normalized spacial score (nSPS) is 12.4. The lowest BCUT2D eigenvalue weighted by molar-refractivity contribution is 0.672. The van der Waals surface area contributed by atoms with Gasteiger partial charge in [0.25, 0.3) is 0 Å². The Morgan fingerprint density at radius 3 is 2.62 bits per heavy atom. The summed E-state index contributed by atoms with van der Waals surface area (Å²) >= 11 is 0. The highest BCUT2D eigenvalue weighted by Crippen LogP contribution is 2.24. The summed E-state index contributed by atoms with van der Waals surface area (Å²) in [7, 11) is 0. The zero-order valence-electron chi connectivity index (χ0n) is 13.1. The van der Waals surface area contributed by atoms with Gasteiger partial charge in [-0.25, -0.2) is 4.68 Å². The van der Waals surface area contributed by atoms with Gasteiger partial charge in [-0.2, -0.15) is 5.10 Å². The van der Waals surface area contributed by atoms with Crippen molar-refractivity contribution in [3.05, 3.63) is 84.6 Å². The molecule has 3 heterocycles. The number of rotatable bonds is 4. The molecule has 1 unspecified atom stereocenters. The average molecular weight is 315 g/mol. The van der Waals surface area contributed by atoms with Gasteiger partial charge in [-0.1, -0.05) is 24.3 Å². The third-order valence-corrected chi connectivity index (χ3v) is 4.03. The first-order chi connectivity index (χ1) is 11.8. The van der Waals surface area contributed by atoms with Crippen LogP contribution in [-0.2, 0) is 6.42 Å². The smallest absolute Gasteiger partial charge is 0.0884 e. The van der Waals surface area contributed by atoms with Crippen LogP contribution in [0.2, 0.25) is 0 Å². The van der Waals surface area contributed by atoms with E-state index in [4.69, 9.17) is 5.73 Å². The second-order valence-electron chi connectivity index (χ2n) is 5.65. The molecule has 5 nitrogen and oxygen atoms in total. The van der Waals surface area contributed by atoms with Crippen LogP contribution in [0, 0.1) is 0 Å². The van der Waals surface area contributed by atoms with E-state index in [0.29, 0.717) is 6.42 Å². The molecule has 3 aromatic heterocycles. The molecule has 0 aliphatic rings. The molecule has 24 heavy (non-hydrogen) atoms. The highest BCUT2D eigenvalue weighted by molar-refractivity contribution is 5.80. The zero-order valence-corrected chi connectivity index (χ0v) is 13.1. The van der Waals surface area contributed by atoms with E-state index >= 15 is 0 Å². The number of nitrogens with two attached hydrogens (primary N) is 1. The molecule has 118 valence electrons. The summed E-state index contributed by atoms with van der Waals surface area (Å²) in [6, 6.07) is 17.6. The lowest BCUT2D eigenvalue weighted by Gasteiger charge is -2.15. The molecule has 0 aliphatic heterocycles. The molecule has 0 spiro atoms. The lowest BCUT2D eigenvalue weighted by atomic mass is 10.1. The molecule has 4 rings (SSSR count). The molecule has 1 atom stereocenters. The van der Waals surface area contributed by atoms with E-state index < -0.39 is 0 Å². The minimum atomic E-state index is -0.251. The van der Waals surface area contributed by atoms with Crippen LogP contribution in [0.25, 0.3) is 16.6 Å². The number of para-hydroxylation sites is 1. The molecule has 4 aromatic rings. The Hall–Kier alpha value is -3.05. The van der Waals surface area contributed by atoms with Crippen LogP contribution >= 0.6 is 0 Å². The van der Waals surface area contributed by atoms with Crippen molar-refractivity contribution in [3.8, 4) is 5.69 Å². The fourth-order valence-electron chi connectivity index (χ4n) is 2.88. The molecule has 0 saturated carbocycles. The van der Waals surface area contributed by atoms with Gasteiger partial charge in [0.1, 0.15) is 0 Å². The second-order valence-corrected chi connectivity index (χ2v) is 5.65. The van der Waals surface area contributed by atoms with Gasteiger partial charge in [-0.3, -0.25) is 9.97 Å². The third kappa shape index (κ3) is 2.66. The minimum absolute atomic E-state index is 0.251. The van der Waals surface area contributed by atoms with E-state index in [0.717, 1.165) is 28.0 Å². The molecule has 5 heteroatoms. The Kier molecular flexibility index (Phi) is 3.76. The summed E-state index contributed by atoms with van der Waals surface area (Å²) in [6.45, 7) is 0. The summed E-state index contributed by atoms with van der Waals surface area (Å²) in [5, 5.41) is 5.61. The van der Waals surface area contributed by atoms with Gasteiger partial charge in [-0.05, 0) is 30.3 Å².